The standard InChI is InChI=1S/C23H15BrFNO4/c24-15-5-1-14(2-6-15)21(28)19-20(13-3-11-18(27)12-4-13)26(23(30)22(19)29)17-9-7-16(25)8-10-17/h1-12,20,27-28H/b21-19+. The molecule has 30 heavy (non-hydrogen) atoms. The summed E-state index contributed by atoms with van der Waals surface area (Å²) < 4.78 is 14.2. The van der Waals surface area contributed by atoms with E-state index in [1.54, 1.807) is 36.4 Å². The molecule has 2 N–H and O–H groups in total. The molecular weight excluding hydrogens is 453 g/mol. The van der Waals surface area contributed by atoms with Gasteiger partial charge in [-0.2, -0.15) is 0 Å². The monoisotopic (exact) mass is 467 g/mol. The summed E-state index contributed by atoms with van der Waals surface area (Å²) in [7, 11) is 0. The Hall–Kier alpha value is -3.45. The number of carbonyl (C=O) groups excluding carboxylic acids is 2. The molecule has 1 amide bonds. The number of benzene rings is 3. The Morgan fingerprint density at radius 3 is 2.10 bits per heavy atom. The summed E-state index contributed by atoms with van der Waals surface area (Å²) >= 11 is 3.32. The van der Waals surface area contributed by atoms with E-state index < -0.39 is 23.5 Å². The SMILES string of the molecule is O=C1C(=O)N(c2ccc(F)cc2)C(c2ccc(O)cc2)/C1=C(\O)c1ccc(Br)cc1. The van der Waals surface area contributed by atoms with Crippen LogP contribution in [0.3, 0.4) is 0 Å². The van der Waals surface area contributed by atoms with Gasteiger partial charge in [-0.05, 0) is 54.1 Å². The Kier molecular flexibility index (Phi) is 5.13. The highest BCUT2D eigenvalue weighted by atomic mass is 79.9. The Bertz CT molecular complexity index is 1160. The highest BCUT2D eigenvalue weighted by Crippen LogP contribution is 2.42. The summed E-state index contributed by atoms with van der Waals surface area (Å²) in [6, 6.07) is 16.9. The summed E-state index contributed by atoms with van der Waals surface area (Å²) in [5.41, 5.74) is 1.11. The second kappa shape index (κ2) is 7.76. The van der Waals surface area contributed by atoms with Crippen LogP contribution in [0.15, 0.2) is 82.8 Å². The molecule has 1 atom stereocenters. The number of anilines is 1. The van der Waals surface area contributed by atoms with Crippen molar-refractivity contribution in [2.24, 2.45) is 0 Å². The number of aliphatic hydroxyl groups excluding tert-OH is 1. The molecule has 1 fully saturated rings. The van der Waals surface area contributed by atoms with E-state index in [1.165, 1.54) is 41.3 Å². The van der Waals surface area contributed by atoms with Crippen LogP contribution < -0.4 is 4.90 Å². The Balaban J connectivity index is 1.93. The highest BCUT2D eigenvalue weighted by Gasteiger charge is 2.46. The second-order valence-corrected chi connectivity index (χ2v) is 7.66. The van der Waals surface area contributed by atoms with E-state index in [9.17, 15) is 24.2 Å². The molecule has 150 valence electrons. The Morgan fingerprint density at radius 2 is 1.50 bits per heavy atom. The van der Waals surface area contributed by atoms with E-state index in [4.69, 9.17) is 0 Å². The van der Waals surface area contributed by atoms with Gasteiger partial charge in [0.25, 0.3) is 11.7 Å². The van der Waals surface area contributed by atoms with Crippen LogP contribution in [0.4, 0.5) is 10.1 Å². The number of amides is 1. The van der Waals surface area contributed by atoms with E-state index in [-0.39, 0.29) is 17.1 Å². The summed E-state index contributed by atoms with van der Waals surface area (Å²) in [4.78, 5) is 27.1. The molecule has 0 aromatic heterocycles. The first-order chi connectivity index (χ1) is 14.4. The van der Waals surface area contributed by atoms with E-state index in [0.29, 0.717) is 16.8 Å². The van der Waals surface area contributed by atoms with Crippen LogP contribution in [0, 0.1) is 5.82 Å². The van der Waals surface area contributed by atoms with E-state index in [0.717, 1.165) is 4.47 Å². The minimum Gasteiger partial charge on any atom is -0.508 e. The molecule has 0 radical (unpaired) electrons. The lowest BCUT2D eigenvalue weighted by Crippen LogP contribution is -2.29. The quantitative estimate of drug-likeness (QED) is 0.325. The Morgan fingerprint density at radius 1 is 0.900 bits per heavy atom. The maximum atomic E-state index is 13.4. The van der Waals surface area contributed by atoms with Crippen molar-refractivity contribution in [2.45, 2.75) is 6.04 Å². The maximum absolute atomic E-state index is 13.4. The first-order valence-corrected chi connectivity index (χ1v) is 9.77. The zero-order valence-electron chi connectivity index (χ0n) is 15.4. The van der Waals surface area contributed by atoms with Crippen LogP contribution in [0.25, 0.3) is 5.76 Å². The van der Waals surface area contributed by atoms with Gasteiger partial charge in [0.15, 0.2) is 0 Å². The Labute approximate surface area is 179 Å². The van der Waals surface area contributed by atoms with Crippen molar-refractivity contribution in [1.82, 2.24) is 0 Å². The van der Waals surface area contributed by atoms with Crippen molar-refractivity contribution in [2.75, 3.05) is 4.90 Å². The molecule has 0 aliphatic carbocycles. The molecule has 1 heterocycles. The first-order valence-electron chi connectivity index (χ1n) is 8.98. The zero-order valence-corrected chi connectivity index (χ0v) is 17.0. The second-order valence-electron chi connectivity index (χ2n) is 6.74. The average molecular weight is 468 g/mol. The molecule has 3 aromatic rings. The van der Waals surface area contributed by atoms with Gasteiger partial charge < -0.3 is 10.2 Å². The van der Waals surface area contributed by atoms with Gasteiger partial charge in [0, 0.05) is 15.7 Å². The molecular formula is C23H15BrFNO4. The third kappa shape index (κ3) is 3.48. The van der Waals surface area contributed by atoms with Gasteiger partial charge in [-0.1, -0.05) is 40.2 Å². The number of hydrogen-bond acceptors (Lipinski definition) is 4. The van der Waals surface area contributed by atoms with Crippen LogP contribution >= 0.6 is 15.9 Å². The lowest BCUT2D eigenvalue weighted by molar-refractivity contribution is -0.132. The molecule has 3 aromatic carbocycles. The van der Waals surface area contributed by atoms with Gasteiger partial charge in [0.2, 0.25) is 0 Å². The van der Waals surface area contributed by atoms with Crippen molar-refractivity contribution >= 4 is 39.1 Å². The average Bonchev–Trinajstić information content (AvgIpc) is 3.00. The lowest BCUT2D eigenvalue weighted by atomic mass is 9.95. The summed E-state index contributed by atoms with van der Waals surface area (Å²) in [5.74, 6) is -2.46. The van der Waals surface area contributed by atoms with Crippen molar-refractivity contribution < 1.29 is 24.2 Å². The number of carbonyl (C=O) groups is 2. The molecule has 1 unspecified atom stereocenters. The van der Waals surface area contributed by atoms with Gasteiger partial charge in [-0.25, -0.2) is 4.39 Å². The number of rotatable bonds is 3. The highest BCUT2D eigenvalue weighted by molar-refractivity contribution is 9.10. The third-order valence-electron chi connectivity index (χ3n) is 4.88. The molecule has 1 saturated heterocycles. The van der Waals surface area contributed by atoms with Gasteiger partial charge in [-0.15, -0.1) is 0 Å². The molecule has 5 nitrogen and oxygen atoms in total. The minimum atomic E-state index is -0.945. The number of halogens is 2. The van der Waals surface area contributed by atoms with Crippen LogP contribution in [-0.2, 0) is 9.59 Å². The topological polar surface area (TPSA) is 77.8 Å². The number of aliphatic hydroxyl groups is 1. The summed E-state index contributed by atoms with van der Waals surface area (Å²) in [6.07, 6.45) is 0. The first kappa shape index (κ1) is 19.8. The molecule has 1 aliphatic heterocycles. The number of hydrogen-bond donors (Lipinski definition) is 2. The zero-order chi connectivity index (χ0) is 21.4. The molecule has 1 aliphatic rings. The number of phenolic OH excluding ortho intramolecular Hbond substituents is 1. The summed E-state index contributed by atoms with van der Waals surface area (Å²) in [6.45, 7) is 0. The number of phenols is 1. The van der Waals surface area contributed by atoms with E-state index in [1.807, 2.05) is 0 Å². The normalized spacial score (nSPS) is 18.1. The van der Waals surface area contributed by atoms with Crippen LogP contribution in [-0.4, -0.2) is 21.9 Å². The van der Waals surface area contributed by atoms with Crippen molar-refractivity contribution in [3.8, 4) is 5.75 Å². The molecule has 7 heteroatoms. The molecule has 0 bridgehead atoms. The van der Waals surface area contributed by atoms with Crippen molar-refractivity contribution in [3.05, 3.63) is 99.8 Å². The molecule has 0 spiro atoms. The third-order valence-corrected chi connectivity index (χ3v) is 5.40. The van der Waals surface area contributed by atoms with Crippen LogP contribution in [0.5, 0.6) is 5.75 Å². The smallest absolute Gasteiger partial charge is 0.300 e. The maximum Gasteiger partial charge on any atom is 0.300 e. The van der Waals surface area contributed by atoms with Gasteiger partial charge >= 0.3 is 0 Å². The van der Waals surface area contributed by atoms with Crippen LogP contribution in [0.1, 0.15) is 17.2 Å². The fourth-order valence-electron chi connectivity index (χ4n) is 3.44. The molecule has 0 saturated carbocycles. The van der Waals surface area contributed by atoms with Gasteiger partial charge in [0.05, 0.1) is 11.6 Å². The largest absolute Gasteiger partial charge is 0.508 e. The number of ketones is 1. The molecule has 4 rings (SSSR count). The van der Waals surface area contributed by atoms with Crippen molar-refractivity contribution in [3.63, 3.8) is 0 Å². The lowest BCUT2D eigenvalue weighted by Gasteiger charge is -2.25. The van der Waals surface area contributed by atoms with Gasteiger partial charge in [-0.3, -0.25) is 14.5 Å². The predicted molar refractivity (Wildman–Crippen MR) is 113 cm³/mol. The minimum absolute atomic E-state index is 0.0189. The number of aromatic hydroxyl groups is 1. The van der Waals surface area contributed by atoms with Crippen molar-refractivity contribution in [1.29, 1.82) is 0 Å². The summed E-state index contributed by atoms with van der Waals surface area (Å²) in [5, 5.41) is 20.6. The fraction of sp³-hybridized carbons (Fsp3) is 0.0435. The predicted octanol–water partition coefficient (Wildman–Crippen LogP) is 4.92. The number of nitrogens with zero attached hydrogens (tertiary/aromatic N) is 1. The fourth-order valence-corrected chi connectivity index (χ4v) is 3.70. The van der Waals surface area contributed by atoms with E-state index >= 15 is 0 Å². The number of Topliss-reactive ketones (excluding diaryl/α,β-unsaturated/α-hetero) is 1. The van der Waals surface area contributed by atoms with Gasteiger partial charge in [0.1, 0.15) is 17.3 Å². The van der Waals surface area contributed by atoms with Crippen LogP contribution in [0.2, 0.25) is 0 Å². The van der Waals surface area contributed by atoms with E-state index in [2.05, 4.69) is 15.9 Å².